The van der Waals surface area contributed by atoms with Crippen LogP contribution in [-0.2, 0) is 4.79 Å². The first kappa shape index (κ1) is 9.45. The summed E-state index contributed by atoms with van der Waals surface area (Å²) in [6, 6.07) is 11.1. The second-order valence-corrected chi connectivity index (χ2v) is 3.02. The minimum atomic E-state index is -1.01. The van der Waals surface area contributed by atoms with Crippen molar-refractivity contribution in [2.75, 3.05) is 6.61 Å². The van der Waals surface area contributed by atoms with Gasteiger partial charge in [-0.05, 0) is 12.1 Å². The van der Waals surface area contributed by atoms with Crippen molar-refractivity contribution in [1.82, 2.24) is 4.98 Å². The molecule has 0 aliphatic carbocycles. The molecule has 0 unspecified atom stereocenters. The topological polar surface area (TPSA) is 59.4 Å². The first-order chi connectivity index (χ1) is 7.25. The number of rotatable bonds is 3. The van der Waals surface area contributed by atoms with E-state index in [0.717, 1.165) is 10.9 Å². The molecule has 0 radical (unpaired) electrons. The SMILES string of the molecule is O=C(O)COc1ccc2ccccc2n1. The number of ether oxygens (including phenoxy) is 1. The standard InChI is InChI=1S/C11H9NO3/c13-11(14)7-15-10-6-5-8-3-1-2-4-9(8)12-10/h1-6H,7H2,(H,13,14). The van der Waals surface area contributed by atoms with Crippen molar-refractivity contribution < 1.29 is 14.6 Å². The Hall–Kier alpha value is -2.10. The number of carbonyl (C=O) groups is 1. The highest BCUT2D eigenvalue weighted by Crippen LogP contribution is 2.15. The quantitative estimate of drug-likeness (QED) is 0.824. The van der Waals surface area contributed by atoms with E-state index >= 15 is 0 Å². The summed E-state index contributed by atoms with van der Waals surface area (Å²) in [5.74, 6) is -0.680. The summed E-state index contributed by atoms with van der Waals surface area (Å²) in [6.45, 7) is -0.370. The average molecular weight is 203 g/mol. The van der Waals surface area contributed by atoms with Gasteiger partial charge in [0.25, 0.3) is 0 Å². The third-order valence-electron chi connectivity index (χ3n) is 1.92. The van der Waals surface area contributed by atoms with Gasteiger partial charge in [-0.2, -0.15) is 0 Å². The molecule has 76 valence electrons. The summed E-state index contributed by atoms with van der Waals surface area (Å²) in [5, 5.41) is 9.44. The van der Waals surface area contributed by atoms with Crippen molar-refractivity contribution in [3.63, 3.8) is 0 Å². The van der Waals surface area contributed by atoms with Crippen molar-refractivity contribution in [2.45, 2.75) is 0 Å². The van der Waals surface area contributed by atoms with Crippen LogP contribution in [0.2, 0.25) is 0 Å². The molecule has 0 saturated carbocycles. The number of aliphatic carboxylic acids is 1. The van der Waals surface area contributed by atoms with Gasteiger partial charge in [-0.3, -0.25) is 0 Å². The maximum Gasteiger partial charge on any atom is 0.341 e. The van der Waals surface area contributed by atoms with Crippen LogP contribution in [-0.4, -0.2) is 22.7 Å². The Morgan fingerprint density at radius 2 is 2.07 bits per heavy atom. The Morgan fingerprint density at radius 1 is 1.27 bits per heavy atom. The van der Waals surface area contributed by atoms with Gasteiger partial charge in [-0.1, -0.05) is 18.2 Å². The van der Waals surface area contributed by atoms with Gasteiger partial charge in [0.1, 0.15) is 0 Å². The smallest absolute Gasteiger partial charge is 0.341 e. The van der Waals surface area contributed by atoms with Crippen molar-refractivity contribution in [1.29, 1.82) is 0 Å². The molecule has 4 heteroatoms. The third-order valence-corrected chi connectivity index (χ3v) is 1.92. The Balaban J connectivity index is 2.26. The fourth-order valence-corrected chi connectivity index (χ4v) is 1.26. The third kappa shape index (κ3) is 2.22. The Bertz CT molecular complexity index is 496. The molecule has 2 rings (SSSR count). The lowest BCUT2D eigenvalue weighted by atomic mass is 10.2. The highest BCUT2D eigenvalue weighted by molar-refractivity contribution is 5.78. The van der Waals surface area contributed by atoms with Crippen LogP contribution in [0.4, 0.5) is 0 Å². The van der Waals surface area contributed by atoms with Gasteiger partial charge in [0.05, 0.1) is 5.52 Å². The van der Waals surface area contributed by atoms with E-state index in [-0.39, 0.29) is 6.61 Å². The molecular formula is C11H9NO3. The number of carboxylic acid groups (broad SMARTS) is 1. The van der Waals surface area contributed by atoms with Crippen molar-refractivity contribution >= 4 is 16.9 Å². The largest absolute Gasteiger partial charge is 0.479 e. The van der Waals surface area contributed by atoms with Crippen LogP contribution in [0.1, 0.15) is 0 Å². The van der Waals surface area contributed by atoms with Gasteiger partial charge in [-0.15, -0.1) is 0 Å². The molecule has 0 bridgehead atoms. The van der Waals surface area contributed by atoms with E-state index in [1.54, 1.807) is 6.07 Å². The number of hydrogen-bond donors (Lipinski definition) is 1. The van der Waals surface area contributed by atoms with Gasteiger partial charge >= 0.3 is 5.97 Å². The Kier molecular flexibility index (Phi) is 2.49. The first-order valence-electron chi connectivity index (χ1n) is 4.46. The first-order valence-corrected chi connectivity index (χ1v) is 4.46. The molecule has 0 fully saturated rings. The van der Waals surface area contributed by atoms with E-state index < -0.39 is 5.97 Å². The Labute approximate surface area is 86.1 Å². The molecule has 1 heterocycles. The van der Waals surface area contributed by atoms with Crippen LogP contribution >= 0.6 is 0 Å². The zero-order chi connectivity index (χ0) is 10.7. The molecule has 2 aromatic rings. The molecule has 1 aromatic carbocycles. The van der Waals surface area contributed by atoms with Gasteiger partial charge < -0.3 is 9.84 Å². The summed E-state index contributed by atoms with van der Waals surface area (Å²) < 4.78 is 4.96. The lowest BCUT2D eigenvalue weighted by Gasteiger charge is -2.02. The van der Waals surface area contributed by atoms with Crippen LogP contribution in [0, 0.1) is 0 Å². The highest BCUT2D eigenvalue weighted by atomic mass is 16.5. The number of benzene rings is 1. The maximum atomic E-state index is 10.3. The number of hydrogen-bond acceptors (Lipinski definition) is 3. The summed E-state index contributed by atoms with van der Waals surface area (Å²) >= 11 is 0. The van der Waals surface area contributed by atoms with Gasteiger partial charge in [0.2, 0.25) is 5.88 Å². The summed E-state index contributed by atoms with van der Waals surface area (Å²) in [5.41, 5.74) is 0.792. The average Bonchev–Trinajstić information content (AvgIpc) is 2.26. The number of fused-ring (bicyclic) bond motifs is 1. The predicted molar refractivity (Wildman–Crippen MR) is 54.9 cm³/mol. The lowest BCUT2D eigenvalue weighted by Crippen LogP contribution is -2.10. The number of aromatic nitrogens is 1. The minimum Gasteiger partial charge on any atom is -0.479 e. The van der Waals surface area contributed by atoms with Crippen LogP contribution in [0.3, 0.4) is 0 Å². The van der Waals surface area contributed by atoms with E-state index in [4.69, 9.17) is 9.84 Å². The molecule has 0 atom stereocenters. The van der Waals surface area contributed by atoms with Crippen LogP contribution < -0.4 is 4.74 Å². The molecule has 1 N–H and O–H groups in total. The molecule has 0 saturated heterocycles. The van der Waals surface area contributed by atoms with E-state index in [1.165, 1.54) is 0 Å². The lowest BCUT2D eigenvalue weighted by molar-refractivity contribution is -0.139. The normalized spacial score (nSPS) is 10.1. The summed E-state index contributed by atoms with van der Waals surface area (Å²) in [4.78, 5) is 14.4. The number of carboxylic acids is 1. The van der Waals surface area contributed by atoms with E-state index in [1.807, 2.05) is 30.3 Å². The monoisotopic (exact) mass is 203 g/mol. The summed E-state index contributed by atoms with van der Waals surface area (Å²) in [6.07, 6.45) is 0. The number of pyridine rings is 1. The minimum absolute atomic E-state index is 0.330. The Morgan fingerprint density at radius 3 is 2.87 bits per heavy atom. The van der Waals surface area contributed by atoms with E-state index in [9.17, 15) is 4.79 Å². The molecule has 0 spiro atoms. The molecule has 4 nitrogen and oxygen atoms in total. The molecule has 15 heavy (non-hydrogen) atoms. The second-order valence-electron chi connectivity index (χ2n) is 3.02. The van der Waals surface area contributed by atoms with Crippen molar-refractivity contribution in [3.05, 3.63) is 36.4 Å². The van der Waals surface area contributed by atoms with E-state index in [0.29, 0.717) is 5.88 Å². The van der Waals surface area contributed by atoms with Gasteiger partial charge in [0, 0.05) is 11.5 Å². The zero-order valence-electron chi connectivity index (χ0n) is 7.88. The van der Waals surface area contributed by atoms with Gasteiger partial charge in [0.15, 0.2) is 6.61 Å². The maximum absolute atomic E-state index is 10.3. The molecular weight excluding hydrogens is 194 g/mol. The predicted octanol–water partition coefficient (Wildman–Crippen LogP) is 1.70. The van der Waals surface area contributed by atoms with Crippen LogP contribution in [0.15, 0.2) is 36.4 Å². The molecule has 0 aliphatic heterocycles. The summed E-state index contributed by atoms with van der Waals surface area (Å²) in [7, 11) is 0. The van der Waals surface area contributed by atoms with Crippen molar-refractivity contribution in [3.8, 4) is 5.88 Å². The van der Waals surface area contributed by atoms with Crippen LogP contribution in [0.5, 0.6) is 5.88 Å². The zero-order valence-corrected chi connectivity index (χ0v) is 7.88. The molecule has 0 amide bonds. The van der Waals surface area contributed by atoms with Crippen molar-refractivity contribution in [2.24, 2.45) is 0 Å². The highest BCUT2D eigenvalue weighted by Gasteiger charge is 2.01. The number of para-hydroxylation sites is 1. The second kappa shape index (κ2) is 3.96. The fraction of sp³-hybridized carbons (Fsp3) is 0.0909. The molecule has 0 aliphatic rings. The van der Waals surface area contributed by atoms with Gasteiger partial charge in [-0.25, -0.2) is 9.78 Å². The molecule has 1 aromatic heterocycles. The number of nitrogens with zero attached hydrogens (tertiary/aromatic N) is 1. The van der Waals surface area contributed by atoms with Crippen LogP contribution in [0.25, 0.3) is 10.9 Å². The fourth-order valence-electron chi connectivity index (χ4n) is 1.26. The van der Waals surface area contributed by atoms with E-state index in [2.05, 4.69) is 4.98 Å².